The Bertz CT molecular complexity index is 673. The number of ether oxygens (including phenoxy) is 2. The van der Waals surface area contributed by atoms with E-state index in [1.165, 1.54) is 0 Å². The van der Waals surface area contributed by atoms with Crippen LogP contribution in [0.2, 0.25) is 0 Å². The molecule has 0 saturated carbocycles. The highest BCUT2D eigenvalue weighted by Gasteiger charge is 2.14. The maximum absolute atomic E-state index is 12.1. The number of para-hydroxylation sites is 1. The number of hydrogen-bond acceptors (Lipinski definition) is 3. The quantitative estimate of drug-likeness (QED) is 0.630. The number of benzene rings is 2. The van der Waals surface area contributed by atoms with Gasteiger partial charge in [-0.05, 0) is 62.6 Å². The molecule has 0 spiro atoms. The van der Waals surface area contributed by atoms with Crippen LogP contribution in [0.3, 0.4) is 0 Å². The van der Waals surface area contributed by atoms with Crippen molar-refractivity contribution in [3.8, 4) is 11.5 Å². The van der Waals surface area contributed by atoms with Crippen LogP contribution >= 0.6 is 15.9 Å². The third-order valence-electron chi connectivity index (χ3n) is 3.69. The number of rotatable bonds is 9. The Hall–Kier alpha value is -2.01. The van der Waals surface area contributed by atoms with Crippen LogP contribution < -0.4 is 14.8 Å². The van der Waals surface area contributed by atoms with Gasteiger partial charge in [0.25, 0.3) is 5.91 Å². The second-order valence-corrected chi connectivity index (χ2v) is 6.56. The molecule has 0 aromatic heterocycles. The first kappa shape index (κ1) is 19.3. The first-order chi connectivity index (χ1) is 12.1. The number of amides is 1. The van der Waals surface area contributed by atoms with Gasteiger partial charge in [0.1, 0.15) is 11.5 Å². The lowest BCUT2D eigenvalue weighted by molar-refractivity contribution is -0.127. The van der Waals surface area contributed by atoms with E-state index in [0.29, 0.717) is 18.9 Å². The molecule has 2 rings (SSSR count). The van der Waals surface area contributed by atoms with E-state index in [2.05, 4.69) is 27.3 Å². The largest absolute Gasteiger partial charge is 0.494 e. The first-order valence-corrected chi connectivity index (χ1v) is 9.30. The van der Waals surface area contributed by atoms with E-state index >= 15 is 0 Å². The molecule has 4 nitrogen and oxygen atoms in total. The highest BCUT2D eigenvalue weighted by Crippen LogP contribution is 2.19. The molecular weight excluding hydrogens is 382 g/mol. The third kappa shape index (κ3) is 6.42. The van der Waals surface area contributed by atoms with E-state index in [9.17, 15) is 4.79 Å². The molecule has 2 aromatic carbocycles. The lowest BCUT2D eigenvalue weighted by Gasteiger charge is -2.15. The minimum atomic E-state index is -0.531. The summed E-state index contributed by atoms with van der Waals surface area (Å²) in [6.07, 6.45) is 1.18. The molecule has 0 aliphatic carbocycles. The van der Waals surface area contributed by atoms with Crippen molar-refractivity contribution >= 4 is 21.8 Å². The molecule has 0 aliphatic heterocycles. The van der Waals surface area contributed by atoms with Crippen LogP contribution in [-0.2, 0) is 11.2 Å². The average molecular weight is 406 g/mol. The smallest absolute Gasteiger partial charge is 0.260 e. The van der Waals surface area contributed by atoms with Crippen molar-refractivity contribution in [2.24, 2.45) is 0 Å². The summed E-state index contributed by atoms with van der Waals surface area (Å²) in [4.78, 5) is 12.1. The van der Waals surface area contributed by atoms with Gasteiger partial charge >= 0.3 is 0 Å². The molecule has 25 heavy (non-hydrogen) atoms. The van der Waals surface area contributed by atoms with Gasteiger partial charge in [0, 0.05) is 11.0 Å². The Labute approximate surface area is 157 Å². The lowest BCUT2D eigenvalue weighted by atomic mass is 10.1. The van der Waals surface area contributed by atoms with Gasteiger partial charge in [-0.3, -0.25) is 4.79 Å². The van der Waals surface area contributed by atoms with Crippen molar-refractivity contribution in [1.82, 2.24) is 5.32 Å². The summed E-state index contributed by atoms with van der Waals surface area (Å²) >= 11 is 3.37. The summed E-state index contributed by atoms with van der Waals surface area (Å²) in [5.41, 5.74) is 1.16. The van der Waals surface area contributed by atoms with E-state index in [1.54, 1.807) is 6.92 Å². The summed E-state index contributed by atoms with van der Waals surface area (Å²) in [5, 5.41) is 2.92. The van der Waals surface area contributed by atoms with E-state index in [-0.39, 0.29) is 5.91 Å². The maximum atomic E-state index is 12.1. The molecule has 0 heterocycles. The van der Waals surface area contributed by atoms with E-state index < -0.39 is 6.10 Å². The van der Waals surface area contributed by atoms with E-state index in [4.69, 9.17) is 9.47 Å². The van der Waals surface area contributed by atoms with Crippen LogP contribution in [0.5, 0.6) is 11.5 Å². The van der Waals surface area contributed by atoms with E-state index in [0.717, 1.165) is 28.6 Å². The molecule has 0 aliphatic rings. The van der Waals surface area contributed by atoms with Crippen LogP contribution in [0, 0.1) is 0 Å². The lowest BCUT2D eigenvalue weighted by Crippen LogP contribution is -2.36. The van der Waals surface area contributed by atoms with Crippen LogP contribution in [-0.4, -0.2) is 25.2 Å². The van der Waals surface area contributed by atoms with Gasteiger partial charge in [-0.2, -0.15) is 0 Å². The zero-order valence-electron chi connectivity index (χ0n) is 14.6. The molecule has 5 heteroatoms. The zero-order valence-corrected chi connectivity index (χ0v) is 16.2. The maximum Gasteiger partial charge on any atom is 0.260 e. The van der Waals surface area contributed by atoms with Gasteiger partial charge in [-0.1, -0.05) is 34.1 Å². The van der Waals surface area contributed by atoms with Crippen LogP contribution in [0.4, 0.5) is 0 Å². The number of carbonyl (C=O) groups is 1. The molecule has 0 saturated heterocycles. The normalized spacial score (nSPS) is 11.6. The van der Waals surface area contributed by atoms with Crippen molar-refractivity contribution in [2.45, 2.75) is 32.8 Å². The van der Waals surface area contributed by atoms with Gasteiger partial charge in [0.15, 0.2) is 6.10 Å². The van der Waals surface area contributed by atoms with Crippen molar-refractivity contribution in [3.63, 3.8) is 0 Å². The van der Waals surface area contributed by atoms with Crippen molar-refractivity contribution in [3.05, 3.63) is 58.6 Å². The molecule has 1 atom stereocenters. The van der Waals surface area contributed by atoms with Crippen LogP contribution in [0.1, 0.15) is 25.8 Å². The predicted octanol–water partition coefficient (Wildman–Crippen LogP) is 4.36. The summed E-state index contributed by atoms with van der Waals surface area (Å²) in [6, 6.07) is 15.4. The standard InChI is InChI=1S/C20H24BrNO3/c1-3-24-19-9-5-4-7-16(19)8-6-14-22-20(23)15(2)25-18-12-10-17(21)11-13-18/h4-5,7,9-13,15H,3,6,8,14H2,1-2H3,(H,22,23)/t15-/m0/s1. The zero-order chi connectivity index (χ0) is 18.1. The summed E-state index contributed by atoms with van der Waals surface area (Å²) in [5.74, 6) is 1.49. The van der Waals surface area contributed by atoms with Crippen molar-refractivity contribution < 1.29 is 14.3 Å². The number of hydrogen-bond donors (Lipinski definition) is 1. The minimum absolute atomic E-state index is 0.110. The molecule has 2 aromatic rings. The van der Waals surface area contributed by atoms with Gasteiger partial charge in [-0.15, -0.1) is 0 Å². The summed E-state index contributed by atoms with van der Waals surface area (Å²) in [7, 11) is 0. The highest BCUT2D eigenvalue weighted by molar-refractivity contribution is 9.10. The monoisotopic (exact) mass is 405 g/mol. The second kappa shape index (κ2) is 10.1. The SMILES string of the molecule is CCOc1ccccc1CCCNC(=O)[C@H](C)Oc1ccc(Br)cc1. The van der Waals surface area contributed by atoms with Crippen LogP contribution in [0.25, 0.3) is 0 Å². The Morgan fingerprint density at radius 2 is 1.88 bits per heavy atom. The Morgan fingerprint density at radius 1 is 1.16 bits per heavy atom. The third-order valence-corrected chi connectivity index (χ3v) is 4.22. The van der Waals surface area contributed by atoms with Gasteiger partial charge in [0.2, 0.25) is 0 Å². The summed E-state index contributed by atoms with van der Waals surface area (Å²) in [6.45, 7) is 4.98. The van der Waals surface area contributed by atoms with Gasteiger partial charge in [-0.25, -0.2) is 0 Å². The summed E-state index contributed by atoms with van der Waals surface area (Å²) < 4.78 is 12.2. The molecule has 1 amide bonds. The molecule has 0 unspecified atom stereocenters. The van der Waals surface area contributed by atoms with Crippen molar-refractivity contribution in [1.29, 1.82) is 0 Å². The Morgan fingerprint density at radius 3 is 2.60 bits per heavy atom. The molecule has 1 N–H and O–H groups in total. The molecule has 0 fully saturated rings. The molecule has 0 radical (unpaired) electrons. The fraction of sp³-hybridized carbons (Fsp3) is 0.350. The van der Waals surface area contributed by atoms with Crippen LogP contribution in [0.15, 0.2) is 53.0 Å². The highest BCUT2D eigenvalue weighted by atomic mass is 79.9. The number of halogens is 1. The number of nitrogens with one attached hydrogen (secondary N) is 1. The van der Waals surface area contributed by atoms with E-state index in [1.807, 2.05) is 49.4 Å². The first-order valence-electron chi connectivity index (χ1n) is 8.50. The fourth-order valence-corrected chi connectivity index (χ4v) is 2.68. The molecule has 134 valence electrons. The van der Waals surface area contributed by atoms with Crippen molar-refractivity contribution in [2.75, 3.05) is 13.2 Å². The molecular formula is C20H24BrNO3. The number of aryl methyl sites for hydroxylation is 1. The Balaban J connectivity index is 1.74. The predicted molar refractivity (Wildman–Crippen MR) is 103 cm³/mol. The number of carbonyl (C=O) groups excluding carboxylic acids is 1. The average Bonchev–Trinajstić information content (AvgIpc) is 2.62. The minimum Gasteiger partial charge on any atom is -0.494 e. The fourth-order valence-electron chi connectivity index (χ4n) is 2.41. The Kier molecular flexibility index (Phi) is 7.79. The second-order valence-electron chi connectivity index (χ2n) is 5.65. The topological polar surface area (TPSA) is 47.6 Å². The van der Waals surface area contributed by atoms with Gasteiger partial charge < -0.3 is 14.8 Å². The molecule has 0 bridgehead atoms. The van der Waals surface area contributed by atoms with Gasteiger partial charge in [0.05, 0.1) is 6.61 Å².